The van der Waals surface area contributed by atoms with Gasteiger partial charge in [-0.05, 0) is 12.1 Å². The second-order valence-corrected chi connectivity index (χ2v) is 4.10. The molecule has 1 rings (SSSR count). The number of rotatable bonds is 5. The number of carbonyl (C=O) groups excluding carboxylic acids is 1. The molecule has 0 saturated carbocycles. The second kappa shape index (κ2) is 7.20. The molecule has 6 heteroatoms. The summed E-state index contributed by atoms with van der Waals surface area (Å²) in [5.74, 6) is 0. The third kappa shape index (κ3) is 4.18. The van der Waals surface area contributed by atoms with Gasteiger partial charge in [-0.2, -0.15) is 0 Å². The first-order valence-corrected chi connectivity index (χ1v) is 5.78. The Morgan fingerprint density at radius 1 is 1.39 bits per heavy atom. The Morgan fingerprint density at radius 3 is 2.56 bits per heavy atom. The van der Waals surface area contributed by atoms with Gasteiger partial charge in [0.15, 0.2) is 6.29 Å². The highest BCUT2D eigenvalue weighted by Crippen LogP contribution is 2.20. The molecule has 0 atom stereocenters. The van der Waals surface area contributed by atoms with E-state index in [0.29, 0.717) is 17.3 Å². The van der Waals surface area contributed by atoms with Gasteiger partial charge in [0.05, 0.1) is 17.3 Å². The van der Waals surface area contributed by atoms with Crippen molar-refractivity contribution in [2.24, 2.45) is 0 Å². The summed E-state index contributed by atoms with van der Waals surface area (Å²) in [6.45, 7) is 0.323. The quantitative estimate of drug-likeness (QED) is 0.838. The molecule has 1 N–H and O–H groups in total. The average Bonchev–Trinajstić information content (AvgIpc) is 2.38. The third-order valence-corrected chi connectivity index (χ3v) is 2.74. The fourth-order valence-electron chi connectivity index (χ4n) is 1.33. The van der Waals surface area contributed by atoms with Gasteiger partial charge in [0, 0.05) is 21.3 Å². The number of hydrogen-bond acceptors (Lipinski definition) is 3. The largest absolute Gasteiger partial charge is 0.354 e. The third-order valence-electron chi connectivity index (χ3n) is 2.41. The summed E-state index contributed by atoms with van der Waals surface area (Å²) in [7, 11) is 4.69. The van der Waals surface area contributed by atoms with Crippen molar-refractivity contribution in [2.45, 2.75) is 6.29 Å². The monoisotopic (exact) mass is 272 g/mol. The van der Waals surface area contributed by atoms with E-state index < -0.39 is 6.29 Å². The zero-order chi connectivity index (χ0) is 13.5. The Kier molecular flexibility index (Phi) is 5.91. The Bertz CT molecular complexity index is 397. The van der Waals surface area contributed by atoms with E-state index in [1.54, 1.807) is 31.3 Å². The van der Waals surface area contributed by atoms with Crippen molar-refractivity contribution in [1.82, 2.24) is 4.90 Å². The summed E-state index contributed by atoms with van der Waals surface area (Å²) in [4.78, 5) is 13.3. The number of urea groups is 1. The Hall–Kier alpha value is -1.30. The topological polar surface area (TPSA) is 50.8 Å². The molecule has 1 aromatic carbocycles. The summed E-state index contributed by atoms with van der Waals surface area (Å²) in [5, 5.41) is 3.20. The molecule has 18 heavy (non-hydrogen) atoms. The standard InChI is InChI=1S/C12H17ClN2O3/c1-15(8-11(17-2)18-3)12(16)14-10-7-5-4-6-9(10)13/h4-7,11H,8H2,1-3H3,(H,14,16). The molecule has 2 amide bonds. The molecule has 100 valence electrons. The molecule has 0 saturated heterocycles. The average molecular weight is 273 g/mol. The molecule has 0 unspecified atom stereocenters. The van der Waals surface area contributed by atoms with Crippen LogP contribution in [0.3, 0.4) is 0 Å². The van der Waals surface area contributed by atoms with Crippen LogP contribution in [0.4, 0.5) is 10.5 Å². The van der Waals surface area contributed by atoms with E-state index in [0.717, 1.165) is 0 Å². The highest BCUT2D eigenvalue weighted by atomic mass is 35.5. The molecule has 0 aliphatic carbocycles. The Morgan fingerprint density at radius 2 is 2.00 bits per heavy atom. The molecular formula is C12H17ClN2O3. The highest BCUT2D eigenvalue weighted by molar-refractivity contribution is 6.33. The van der Waals surface area contributed by atoms with Gasteiger partial charge in [-0.1, -0.05) is 23.7 Å². The van der Waals surface area contributed by atoms with Crippen LogP contribution >= 0.6 is 11.6 Å². The van der Waals surface area contributed by atoms with Crippen LogP contribution in [0.1, 0.15) is 0 Å². The first-order chi connectivity index (χ1) is 8.58. The van der Waals surface area contributed by atoms with Crippen molar-refractivity contribution in [2.75, 3.05) is 33.1 Å². The lowest BCUT2D eigenvalue weighted by atomic mass is 10.3. The maximum atomic E-state index is 11.9. The lowest BCUT2D eigenvalue weighted by Gasteiger charge is -2.22. The summed E-state index contributed by atoms with van der Waals surface area (Å²) >= 11 is 5.95. The number of nitrogens with one attached hydrogen (secondary N) is 1. The van der Waals surface area contributed by atoms with Crippen LogP contribution in [0.15, 0.2) is 24.3 Å². The van der Waals surface area contributed by atoms with Gasteiger partial charge >= 0.3 is 6.03 Å². The molecule has 0 aliphatic heterocycles. The number of amides is 2. The van der Waals surface area contributed by atoms with Crippen LogP contribution in [0.2, 0.25) is 5.02 Å². The minimum absolute atomic E-state index is 0.276. The van der Waals surface area contributed by atoms with Crippen LogP contribution in [-0.2, 0) is 9.47 Å². The van der Waals surface area contributed by atoms with Gasteiger partial charge in [0.25, 0.3) is 0 Å². The van der Waals surface area contributed by atoms with Gasteiger partial charge in [-0.3, -0.25) is 0 Å². The number of nitrogens with zero attached hydrogens (tertiary/aromatic N) is 1. The molecule has 0 radical (unpaired) electrons. The molecular weight excluding hydrogens is 256 g/mol. The van der Waals surface area contributed by atoms with E-state index in [9.17, 15) is 4.79 Å². The summed E-state index contributed by atoms with van der Waals surface area (Å²) in [5.41, 5.74) is 0.572. The molecule has 0 aromatic heterocycles. The number of hydrogen-bond donors (Lipinski definition) is 1. The number of methoxy groups -OCH3 is 2. The highest BCUT2D eigenvalue weighted by Gasteiger charge is 2.15. The minimum Gasteiger partial charge on any atom is -0.354 e. The van der Waals surface area contributed by atoms with Crippen molar-refractivity contribution in [3.63, 3.8) is 0 Å². The lowest BCUT2D eigenvalue weighted by Crippen LogP contribution is -2.38. The number of para-hydroxylation sites is 1. The van der Waals surface area contributed by atoms with E-state index in [1.165, 1.54) is 19.1 Å². The Balaban J connectivity index is 2.57. The van der Waals surface area contributed by atoms with Crippen LogP contribution in [0.25, 0.3) is 0 Å². The number of anilines is 1. The molecule has 1 aromatic rings. The summed E-state index contributed by atoms with van der Waals surface area (Å²) in [6, 6.07) is 6.77. The number of benzene rings is 1. The normalized spacial score (nSPS) is 10.5. The van der Waals surface area contributed by atoms with E-state index in [2.05, 4.69) is 5.32 Å². The summed E-state index contributed by atoms with van der Waals surface area (Å²) in [6.07, 6.45) is -0.452. The number of carbonyl (C=O) groups is 1. The maximum Gasteiger partial charge on any atom is 0.321 e. The van der Waals surface area contributed by atoms with Crippen molar-refractivity contribution in [3.8, 4) is 0 Å². The molecule has 0 spiro atoms. The minimum atomic E-state index is -0.452. The van der Waals surface area contributed by atoms with Crippen LogP contribution in [0, 0.1) is 0 Å². The molecule has 0 bridgehead atoms. The van der Waals surface area contributed by atoms with Crippen molar-refractivity contribution in [1.29, 1.82) is 0 Å². The molecule has 0 fully saturated rings. The SMILES string of the molecule is COC(CN(C)C(=O)Nc1ccccc1Cl)OC. The number of likely N-dealkylation sites (N-methyl/N-ethyl adjacent to an activating group) is 1. The molecule has 5 nitrogen and oxygen atoms in total. The van der Waals surface area contributed by atoms with Crippen molar-refractivity contribution in [3.05, 3.63) is 29.3 Å². The van der Waals surface area contributed by atoms with E-state index in [1.807, 2.05) is 0 Å². The maximum absolute atomic E-state index is 11.9. The van der Waals surface area contributed by atoms with E-state index in [4.69, 9.17) is 21.1 Å². The number of halogens is 1. The smallest absolute Gasteiger partial charge is 0.321 e. The first kappa shape index (κ1) is 14.8. The van der Waals surface area contributed by atoms with Gasteiger partial charge in [-0.15, -0.1) is 0 Å². The fraction of sp³-hybridized carbons (Fsp3) is 0.417. The van der Waals surface area contributed by atoms with E-state index >= 15 is 0 Å². The second-order valence-electron chi connectivity index (χ2n) is 3.69. The predicted octanol–water partition coefficient (Wildman–Crippen LogP) is 2.42. The Labute approximate surface area is 112 Å². The van der Waals surface area contributed by atoms with Crippen molar-refractivity contribution >= 4 is 23.3 Å². The van der Waals surface area contributed by atoms with Crippen LogP contribution < -0.4 is 5.32 Å². The summed E-state index contributed by atoms with van der Waals surface area (Å²) < 4.78 is 10.0. The van der Waals surface area contributed by atoms with Crippen LogP contribution in [0.5, 0.6) is 0 Å². The van der Waals surface area contributed by atoms with Gasteiger partial charge in [-0.25, -0.2) is 4.79 Å². The van der Waals surface area contributed by atoms with Gasteiger partial charge in [0.2, 0.25) is 0 Å². The predicted molar refractivity (Wildman–Crippen MR) is 70.9 cm³/mol. The zero-order valence-corrected chi connectivity index (χ0v) is 11.4. The van der Waals surface area contributed by atoms with Crippen molar-refractivity contribution < 1.29 is 14.3 Å². The number of ether oxygens (including phenoxy) is 2. The van der Waals surface area contributed by atoms with E-state index in [-0.39, 0.29) is 6.03 Å². The zero-order valence-electron chi connectivity index (χ0n) is 10.6. The molecule has 0 aliphatic rings. The van der Waals surface area contributed by atoms with Gasteiger partial charge < -0.3 is 19.7 Å². The van der Waals surface area contributed by atoms with Gasteiger partial charge in [0.1, 0.15) is 0 Å². The lowest BCUT2D eigenvalue weighted by molar-refractivity contribution is -0.108. The molecule has 0 heterocycles. The fourth-order valence-corrected chi connectivity index (χ4v) is 1.51. The van der Waals surface area contributed by atoms with Crippen LogP contribution in [-0.4, -0.2) is 45.0 Å². The first-order valence-electron chi connectivity index (χ1n) is 5.40.